The van der Waals surface area contributed by atoms with Crippen LogP contribution >= 0.6 is 0 Å². The minimum Gasteiger partial charge on any atom is -0.488 e. The highest BCUT2D eigenvalue weighted by atomic mass is 16.5. The number of nitrogens with one attached hydrogen (secondary N) is 4. The van der Waals surface area contributed by atoms with Crippen molar-refractivity contribution in [2.45, 2.75) is 104 Å². The zero-order valence-corrected chi connectivity index (χ0v) is 37.1. The molecule has 0 unspecified atom stereocenters. The van der Waals surface area contributed by atoms with Crippen LogP contribution in [0.15, 0.2) is 48.7 Å². The number of nitrogens with zero attached hydrogens (tertiary/aromatic N) is 4. The van der Waals surface area contributed by atoms with Gasteiger partial charge in [0.25, 0.3) is 0 Å². The molecule has 7 atom stereocenters. The van der Waals surface area contributed by atoms with Crippen molar-refractivity contribution in [3.8, 4) is 28.1 Å². The maximum Gasteiger partial charge on any atom is 0.407 e. The lowest BCUT2D eigenvalue weighted by atomic mass is 9.92. The number of imidazole rings is 2. The maximum absolute atomic E-state index is 14.1. The van der Waals surface area contributed by atoms with E-state index < -0.39 is 36.4 Å². The van der Waals surface area contributed by atoms with Crippen LogP contribution in [0.5, 0.6) is 5.75 Å². The third-order valence-electron chi connectivity index (χ3n) is 12.5. The fraction of sp³-hybridized carbons (Fsp3) is 0.478. The molecule has 2 aromatic heterocycles. The summed E-state index contributed by atoms with van der Waals surface area (Å²) in [7, 11) is 4.05. The van der Waals surface area contributed by atoms with Crippen molar-refractivity contribution < 1.29 is 38.1 Å². The van der Waals surface area contributed by atoms with Crippen LogP contribution in [-0.4, -0.2) is 106 Å². The molecule has 2 aliphatic rings. The summed E-state index contributed by atoms with van der Waals surface area (Å²) in [5.41, 5.74) is 6.42. The highest BCUT2D eigenvalue weighted by Crippen LogP contribution is 2.43. The van der Waals surface area contributed by atoms with E-state index in [1.165, 1.54) is 21.3 Å². The molecule has 16 heteroatoms. The Labute approximate surface area is 361 Å². The van der Waals surface area contributed by atoms with E-state index in [-0.39, 0.29) is 35.7 Å². The summed E-state index contributed by atoms with van der Waals surface area (Å²) >= 11 is 0. The molecule has 4 amide bonds. The predicted molar refractivity (Wildman–Crippen MR) is 234 cm³/mol. The van der Waals surface area contributed by atoms with Gasteiger partial charge in [-0.15, -0.1) is 0 Å². The first-order valence-corrected chi connectivity index (χ1v) is 21.3. The second kappa shape index (κ2) is 18.1. The molecule has 0 spiro atoms. The first kappa shape index (κ1) is 43.9. The van der Waals surface area contributed by atoms with Crippen LogP contribution in [0.1, 0.15) is 90.6 Å². The van der Waals surface area contributed by atoms with Crippen molar-refractivity contribution in [1.82, 2.24) is 40.4 Å². The topological polar surface area (TPSA) is 193 Å². The number of hydrogen-bond acceptors (Lipinski definition) is 10. The number of amides is 4. The van der Waals surface area contributed by atoms with E-state index in [1.807, 2.05) is 46.8 Å². The van der Waals surface area contributed by atoms with E-state index in [2.05, 4.69) is 57.9 Å². The number of carbonyl (C=O) groups excluding carboxylic acids is 4. The van der Waals surface area contributed by atoms with Crippen molar-refractivity contribution in [3.05, 3.63) is 65.9 Å². The molecular formula is C46H58N8O8. The fourth-order valence-corrected chi connectivity index (χ4v) is 8.73. The molecule has 1 fully saturated rings. The van der Waals surface area contributed by atoms with E-state index in [1.54, 1.807) is 22.9 Å². The molecule has 5 aromatic rings. The van der Waals surface area contributed by atoms with Crippen LogP contribution in [0.2, 0.25) is 0 Å². The van der Waals surface area contributed by atoms with Crippen LogP contribution in [0.4, 0.5) is 9.59 Å². The van der Waals surface area contributed by atoms with Crippen molar-refractivity contribution >= 4 is 45.8 Å². The lowest BCUT2D eigenvalue weighted by Gasteiger charge is -2.37. The van der Waals surface area contributed by atoms with Crippen LogP contribution < -0.4 is 15.4 Å². The lowest BCUT2D eigenvalue weighted by Crippen LogP contribution is -2.54. The van der Waals surface area contributed by atoms with Gasteiger partial charge in [0.1, 0.15) is 36.1 Å². The molecule has 4 heterocycles. The average Bonchev–Trinajstić information content (AvgIpc) is 4.04. The van der Waals surface area contributed by atoms with Gasteiger partial charge >= 0.3 is 12.2 Å². The number of likely N-dealkylation sites (tertiary alicyclic amines) is 1. The first-order chi connectivity index (χ1) is 29.7. The van der Waals surface area contributed by atoms with Gasteiger partial charge in [0.05, 0.1) is 55.3 Å². The summed E-state index contributed by atoms with van der Waals surface area (Å²) < 4.78 is 21.5. The number of ether oxygens (including phenoxy) is 4. The number of fused-ring (bicyclic) bond motifs is 6. The molecule has 2 aliphatic heterocycles. The highest BCUT2D eigenvalue weighted by molar-refractivity contribution is 6.07. The largest absolute Gasteiger partial charge is 0.488 e. The Morgan fingerprint density at radius 3 is 2.34 bits per heavy atom. The van der Waals surface area contributed by atoms with Crippen molar-refractivity contribution in [2.75, 3.05) is 27.9 Å². The molecule has 1 saturated heterocycles. The van der Waals surface area contributed by atoms with E-state index in [0.29, 0.717) is 37.6 Å². The number of aromatic amines is 2. The van der Waals surface area contributed by atoms with Crippen LogP contribution in [-0.2, 0) is 30.4 Å². The van der Waals surface area contributed by atoms with Crippen molar-refractivity contribution in [3.63, 3.8) is 0 Å². The number of carbonyl (C=O) groups is 4. The van der Waals surface area contributed by atoms with Gasteiger partial charge in [0.15, 0.2) is 0 Å². The number of H-pyrrole nitrogens is 2. The van der Waals surface area contributed by atoms with Gasteiger partial charge in [-0.25, -0.2) is 19.6 Å². The van der Waals surface area contributed by atoms with Gasteiger partial charge in [0, 0.05) is 30.6 Å². The van der Waals surface area contributed by atoms with Gasteiger partial charge in [-0.2, -0.15) is 0 Å². The SMILES string of the molecule is CC[C@H](C)N(C(=O)[C@@H](NC(=O)OC)C(C)C)[C@@H](C)c1nc2c(ccc3cc4c(cc32)OCc2cc(-c3cnc([C@@H]5C[C@H](C)CN5C(=O)[C@@H](NC(=O)OC)[C@@H](C)OC)[nH]3)ccc2-4)[nH]1. The minimum atomic E-state index is -0.925. The number of methoxy groups -OCH3 is 3. The highest BCUT2D eigenvalue weighted by Gasteiger charge is 2.41. The van der Waals surface area contributed by atoms with Gasteiger partial charge in [0.2, 0.25) is 11.8 Å². The first-order valence-electron chi connectivity index (χ1n) is 21.3. The Morgan fingerprint density at radius 2 is 1.66 bits per heavy atom. The van der Waals surface area contributed by atoms with Gasteiger partial charge in [-0.1, -0.05) is 45.9 Å². The van der Waals surface area contributed by atoms with E-state index in [0.717, 1.165) is 55.5 Å². The Bertz CT molecular complexity index is 2480. The second-order valence-electron chi connectivity index (χ2n) is 16.9. The normalized spacial score (nSPS) is 18.3. The quantitative estimate of drug-likeness (QED) is 0.0928. The zero-order valence-electron chi connectivity index (χ0n) is 37.1. The smallest absolute Gasteiger partial charge is 0.407 e. The Kier molecular flexibility index (Phi) is 12.8. The lowest BCUT2D eigenvalue weighted by molar-refractivity contribution is -0.139. The molecule has 62 heavy (non-hydrogen) atoms. The minimum absolute atomic E-state index is 0.127. The number of hydrogen-bond donors (Lipinski definition) is 4. The summed E-state index contributed by atoms with van der Waals surface area (Å²) in [6.07, 6.45) is 1.29. The van der Waals surface area contributed by atoms with Gasteiger partial charge < -0.3 is 49.3 Å². The summed E-state index contributed by atoms with van der Waals surface area (Å²) in [5.74, 6) is 1.65. The molecule has 330 valence electrons. The molecule has 16 nitrogen and oxygen atoms in total. The van der Waals surface area contributed by atoms with Crippen molar-refractivity contribution in [2.24, 2.45) is 11.8 Å². The Morgan fingerprint density at radius 1 is 0.935 bits per heavy atom. The molecule has 4 N–H and O–H groups in total. The monoisotopic (exact) mass is 850 g/mol. The standard InChI is InChI=1S/C46H58N8O8/c1-11-25(5)54(44(56)38(23(2)3)51-45(57)60-9)26(6)41-48-34-15-13-28-18-33-31-14-12-29(17-30(31)22-62-37(33)19-32(28)40(34)50-41)35-20-47-42(49-35)36-16-24(4)21-53(36)43(55)39(27(7)59-8)52-46(58)61-10/h12-15,17-20,23-27,36,38-39H,11,16,21-22H2,1-10H3,(H,47,49)(H,48,50)(H,51,57)(H,52,58)/t24-,25-,26-,27+,36-,38-,39-/m0/s1. The zero-order chi connectivity index (χ0) is 44.6. The summed E-state index contributed by atoms with van der Waals surface area (Å²) in [5, 5.41) is 7.29. The Hall–Kier alpha value is -6.16. The number of rotatable bonds is 13. The summed E-state index contributed by atoms with van der Waals surface area (Å²) in [6, 6.07) is 12.0. The second-order valence-corrected chi connectivity index (χ2v) is 16.9. The van der Waals surface area contributed by atoms with Crippen LogP contribution in [0, 0.1) is 11.8 Å². The third-order valence-corrected chi connectivity index (χ3v) is 12.5. The number of alkyl carbamates (subject to hydrolysis) is 2. The molecule has 0 radical (unpaired) electrons. The molecule has 7 rings (SSSR count). The van der Waals surface area contributed by atoms with Gasteiger partial charge in [-0.3, -0.25) is 9.59 Å². The third kappa shape index (κ3) is 8.39. The molecule has 0 saturated carbocycles. The van der Waals surface area contributed by atoms with E-state index >= 15 is 0 Å². The predicted octanol–water partition coefficient (Wildman–Crippen LogP) is 7.40. The summed E-state index contributed by atoms with van der Waals surface area (Å²) in [4.78, 5) is 72.7. The summed E-state index contributed by atoms with van der Waals surface area (Å²) in [6.45, 7) is 14.5. The van der Waals surface area contributed by atoms with Crippen LogP contribution in [0.3, 0.4) is 0 Å². The van der Waals surface area contributed by atoms with Crippen LogP contribution in [0.25, 0.3) is 44.2 Å². The van der Waals surface area contributed by atoms with Crippen molar-refractivity contribution in [1.29, 1.82) is 0 Å². The molecule has 3 aromatic carbocycles. The van der Waals surface area contributed by atoms with Gasteiger partial charge in [-0.05, 0) is 91.8 Å². The molecule has 0 aliphatic carbocycles. The fourth-order valence-electron chi connectivity index (χ4n) is 8.73. The number of benzene rings is 3. The maximum atomic E-state index is 14.1. The Balaban J connectivity index is 1.14. The molecule has 0 bridgehead atoms. The molecular weight excluding hydrogens is 793 g/mol. The van der Waals surface area contributed by atoms with E-state index in [4.69, 9.17) is 28.9 Å². The average molecular weight is 851 g/mol. The van der Waals surface area contributed by atoms with E-state index in [9.17, 15) is 19.2 Å². The number of aromatic nitrogens is 4.